The molecule has 0 atom stereocenters. The summed E-state index contributed by atoms with van der Waals surface area (Å²) < 4.78 is 0. The summed E-state index contributed by atoms with van der Waals surface area (Å²) in [5, 5.41) is 4.60. The number of ketones is 1. The molecule has 13 heavy (non-hydrogen) atoms. The van der Waals surface area contributed by atoms with Gasteiger partial charge in [-0.2, -0.15) is 23.1 Å². The second-order valence-corrected chi connectivity index (χ2v) is 5.55. The summed E-state index contributed by atoms with van der Waals surface area (Å²) >= 11 is 3.36. The molecule has 0 saturated carbocycles. The smallest absolute Gasteiger partial charge is 0.147 e. The van der Waals surface area contributed by atoms with Crippen molar-refractivity contribution in [1.82, 2.24) is 0 Å². The monoisotopic (exact) mass is 214 g/mol. The highest BCUT2D eigenvalue weighted by Gasteiger charge is 2.05. The third-order valence-corrected chi connectivity index (χ3v) is 3.45. The molecular formula is C10H14OS2. The molecule has 1 heterocycles. The molecule has 3 heteroatoms. The van der Waals surface area contributed by atoms with Crippen molar-refractivity contribution in [2.45, 2.75) is 25.5 Å². The zero-order valence-corrected chi connectivity index (χ0v) is 9.58. The molecule has 0 fully saturated rings. The summed E-state index contributed by atoms with van der Waals surface area (Å²) in [5.74, 6) is 0.977. The Kier molecular flexibility index (Phi) is 4.53. The lowest BCUT2D eigenvalue weighted by molar-refractivity contribution is -0.116. The molecule has 0 spiro atoms. The van der Waals surface area contributed by atoms with Gasteiger partial charge in [-0.3, -0.25) is 4.79 Å². The van der Waals surface area contributed by atoms with E-state index >= 15 is 0 Å². The quantitative estimate of drug-likeness (QED) is 0.749. The number of thioether (sulfide) groups is 1. The lowest BCUT2D eigenvalue weighted by atomic mass is 10.2. The fraction of sp³-hybridized carbons (Fsp3) is 0.500. The number of hydrogen-bond donors (Lipinski definition) is 0. The number of carbonyl (C=O) groups is 1. The minimum Gasteiger partial charge on any atom is -0.298 e. The van der Waals surface area contributed by atoms with Crippen LogP contribution in [0.25, 0.3) is 0 Å². The van der Waals surface area contributed by atoms with Crippen LogP contribution in [0.4, 0.5) is 0 Å². The predicted molar refractivity (Wildman–Crippen MR) is 60.6 cm³/mol. The van der Waals surface area contributed by atoms with E-state index in [1.54, 1.807) is 23.1 Å². The highest BCUT2D eigenvalue weighted by Crippen LogP contribution is 2.12. The highest BCUT2D eigenvalue weighted by atomic mass is 32.2. The molecule has 0 radical (unpaired) electrons. The van der Waals surface area contributed by atoms with Gasteiger partial charge in [-0.25, -0.2) is 0 Å². The Labute approximate surface area is 87.5 Å². The molecule has 0 unspecified atom stereocenters. The van der Waals surface area contributed by atoms with E-state index in [1.807, 2.05) is 16.8 Å². The number of carbonyl (C=O) groups excluding carboxylic acids is 1. The molecule has 0 aromatic carbocycles. The van der Waals surface area contributed by atoms with E-state index < -0.39 is 0 Å². The number of thiophene rings is 1. The Morgan fingerprint density at radius 3 is 2.92 bits per heavy atom. The molecule has 0 saturated heterocycles. The van der Waals surface area contributed by atoms with Gasteiger partial charge in [-0.15, -0.1) is 0 Å². The zero-order chi connectivity index (χ0) is 9.68. The van der Waals surface area contributed by atoms with Gasteiger partial charge >= 0.3 is 0 Å². The molecule has 0 N–H and O–H groups in total. The molecule has 1 nitrogen and oxygen atoms in total. The third kappa shape index (κ3) is 4.48. The Balaban J connectivity index is 2.26. The van der Waals surface area contributed by atoms with Crippen molar-refractivity contribution in [3.05, 3.63) is 22.4 Å². The summed E-state index contributed by atoms with van der Waals surface area (Å²) in [4.78, 5) is 11.4. The Morgan fingerprint density at radius 1 is 1.62 bits per heavy atom. The van der Waals surface area contributed by atoms with Crippen molar-refractivity contribution >= 4 is 28.9 Å². The van der Waals surface area contributed by atoms with Gasteiger partial charge in [0, 0.05) is 6.42 Å². The second kappa shape index (κ2) is 5.45. The minimum absolute atomic E-state index is 0.331. The molecule has 0 bridgehead atoms. The van der Waals surface area contributed by atoms with Gasteiger partial charge in [0.25, 0.3) is 0 Å². The molecular weight excluding hydrogens is 200 g/mol. The molecule has 0 aliphatic carbocycles. The summed E-state index contributed by atoms with van der Waals surface area (Å²) in [6.07, 6.45) is 0.600. The number of hydrogen-bond acceptors (Lipinski definition) is 3. The second-order valence-electron chi connectivity index (χ2n) is 3.21. The first-order valence-corrected chi connectivity index (χ1v) is 6.32. The van der Waals surface area contributed by atoms with Gasteiger partial charge in [0.05, 0.1) is 5.75 Å². The molecule has 1 aromatic heterocycles. The summed E-state index contributed by atoms with van der Waals surface area (Å²) in [6.45, 7) is 4.23. The summed E-state index contributed by atoms with van der Waals surface area (Å²) in [6, 6.07) is 2.02. The van der Waals surface area contributed by atoms with Gasteiger partial charge in [-0.1, -0.05) is 13.8 Å². The first-order valence-electron chi connectivity index (χ1n) is 4.33. The topological polar surface area (TPSA) is 17.1 Å². The highest BCUT2D eigenvalue weighted by molar-refractivity contribution is 8.00. The van der Waals surface area contributed by atoms with Crippen LogP contribution in [-0.4, -0.2) is 16.8 Å². The van der Waals surface area contributed by atoms with E-state index in [4.69, 9.17) is 0 Å². The molecule has 1 rings (SSSR count). The van der Waals surface area contributed by atoms with Crippen LogP contribution in [0.2, 0.25) is 0 Å². The Bertz CT molecular complexity index is 252. The minimum atomic E-state index is 0.331. The van der Waals surface area contributed by atoms with E-state index in [2.05, 4.69) is 13.8 Å². The van der Waals surface area contributed by atoms with E-state index in [0.29, 0.717) is 23.2 Å². The molecule has 0 amide bonds. The van der Waals surface area contributed by atoms with Crippen LogP contribution in [0.5, 0.6) is 0 Å². The van der Waals surface area contributed by atoms with Gasteiger partial charge in [0.2, 0.25) is 0 Å². The summed E-state index contributed by atoms with van der Waals surface area (Å²) in [7, 11) is 0. The lowest BCUT2D eigenvalue weighted by Crippen LogP contribution is -2.06. The van der Waals surface area contributed by atoms with Gasteiger partial charge in [0.1, 0.15) is 5.78 Å². The van der Waals surface area contributed by atoms with E-state index in [0.717, 1.165) is 5.56 Å². The van der Waals surface area contributed by atoms with E-state index in [1.165, 1.54) is 0 Å². The zero-order valence-electron chi connectivity index (χ0n) is 7.95. The van der Waals surface area contributed by atoms with Gasteiger partial charge in [-0.05, 0) is 27.6 Å². The van der Waals surface area contributed by atoms with Crippen molar-refractivity contribution in [3.8, 4) is 0 Å². The fourth-order valence-corrected chi connectivity index (χ4v) is 2.22. The Morgan fingerprint density at radius 2 is 2.38 bits per heavy atom. The molecule has 72 valence electrons. The van der Waals surface area contributed by atoms with E-state index in [-0.39, 0.29) is 0 Å². The van der Waals surface area contributed by atoms with Gasteiger partial charge in [0.15, 0.2) is 0 Å². The van der Waals surface area contributed by atoms with Crippen LogP contribution < -0.4 is 0 Å². The van der Waals surface area contributed by atoms with Crippen molar-refractivity contribution < 1.29 is 4.79 Å². The molecule has 1 aromatic rings. The SMILES string of the molecule is CC(C)SCC(=O)Cc1ccsc1. The average Bonchev–Trinajstić information content (AvgIpc) is 2.53. The van der Waals surface area contributed by atoms with Crippen LogP contribution in [0.1, 0.15) is 19.4 Å². The largest absolute Gasteiger partial charge is 0.298 e. The van der Waals surface area contributed by atoms with Crippen molar-refractivity contribution in [1.29, 1.82) is 0 Å². The first kappa shape index (κ1) is 10.8. The van der Waals surface area contributed by atoms with Crippen molar-refractivity contribution in [2.24, 2.45) is 0 Å². The lowest BCUT2D eigenvalue weighted by Gasteiger charge is -2.02. The maximum atomic E-state index is 11.4. The van der Waals surface area contributed by atoms with Crippen LogP contribution in [-0.2, 0) is 11.2 Å². The third-order valence-electron chi connectivity index (χ3n) is 1.56. The average molecular weight is 214 g/mol. The molecule has 0 aliphatic heterocycles. The van der Waals surface area contributed by atoms with Crippen LogP contribution in [0.3, 0.4) is 0 Å². The summed E-state index contributed by atoms with van der Waals surface area (Å²) in [5.41, 5.74) is 1.15. The standard InChI is InChI=1S/C10H14OS2/c1-8(2)13-7-10(11)5-9-3-4-12-6-9/h3-4,6,8H,5,7H2,1-2H3. The normalized spacial score (nSPS) is 10.7. The van der Waals surface area contributed by atoms with Crippen LogP contribution in [0.15, 0.2) is 16.8 Å². The number of rotatable bonds is 5. The maximum absolute atomic E-state index is 11.4. The Hall–Kier alpha value is -0.280. The number of Topliss-reactive ketones (excluding diaryl/α,β-unsaturated/α-hetero) is 1. The predicted octanol–water partition coefficient (Wildman–Crippen LogP) is 3.00. The van der Waals surface area contributed by atoms with Gasteiger partial charge < -0.3 is 0 Å². The van der Waals surface area contributed by atoms with Crippen molar-refractivity contribution in [2.75, 3.05) is 5.75 Å². The molecule has 0 aliphatic rings. The first-order chi connectivity index (χ1) is 6.18. The van der Waals surface area contributed by atoms with Crippen molar-refractivity contribution in [3.63, 3.8) is 0 Å². The van der Waals surface area contributed by atoms with E-state index in [9.17, 15) is 4.79 Å². The van der Waals surface area contributed by atoms with Crippen LogP contribution >= 0.6 is 23.1 Å². The fourth-order valence-electron chi connectivity index (χ4n) is 0.932. The maximum Gasteiger partial charge on any atom is 0.147 e. The van der Waals surface area contributed by atoms with Crippen LogP contribution in [0, 0.1) is 0 Å².